The van der Waals surface area contributed by atoms with Crippen LogP contribution in [0.3, 0.4) is 0 Å². The summed E-state index contributed by atoms with van der Waals surface area (Å²) in [5, 5.41) is 0. The molecule has 0 amide bonds. The molecule has 1 aromatic heterocycles. The van der Waals surface area contributed by atoms with Crippen molar-refractivity contribution < 1.29 is 4.79 Å². The molecule has 1 aromatic carbocycles. The number of carbonyl (C=O) groups excluding carboxylic acids is 1. The Morgan fingerprint density at radius 2 is 2.11 bits per heavy atom. The summed E-state index contributed by atoms with van der Waals surface area (Å²) >= 11 is 0. The number of benzene rings is 1. The van der Waals surface area contributed by atoms with Crippen LogP contribution in [0.25, 0.3) is 0 Å². The van der Waals surface area contributed by atoms with Gasteiger partial charge in [-0.2, -0.15) is 0 Å². The molecule has 3 nitrogen and oxygen atoms in total. The SMILES string of the molecule is Cc1cc(C=O)nc(C2CCCc3ccccc32)n1. The van der Waals surface area contributed by atoms with Crippen LogP contribution in [0.15, 0.2) is 30.3 Å². The fraction of sp³-hybridized carbons (Fsp3) is 0.312. The number of aromatic nitrogens is 2. The summed E-state index contributed by atoms with van der Waals surface area (Å²) in [5.41, 5.74) is 4.04. The van der Waals surface area contributed by atoms with Crippen LogP contribution >= 0.6 is 0 Å². The molecule has 0 saturated heterocycles. The largest absolute Gasteiger partial charge is 0.296 e. The van der Waals surface area contributed by atoms with Crippen molar-refractivity contribution in [3.05, 3.63) is 58.7 Å². The predicted molar refractivity (Wildman–Crippen MR) is 73.4 cm³/mol. The summed E-state index contributed by atoms with van der Waals surface area (Å²) in [7, 11) is 0. The minimum atomic E-state index is 0.226. The van der Waals surface area contributed by atoms with E-state index in [0.29, 0.717) is 5.69 Å². The van der Waals surface area contributed by atoms with Crippen LogP contribution in [0, 0.1) is 6.92 Å². The van der Waals surface area contributed by atoms with Gasteiger partial charge in [-0.25, -0.2) is 9.97 Å². The maximum Gasteiger partial charge on any atom is 0.168 e. The monoisotopic (exact) mass is 252 g/mol. The first kappa shape index (κ1) is 12.0. The lowest BCUT2D eigenvalue weighted by molar-refractivity contribution is 0.111. The van der Waals surface area contributed by atoms with Crippen LogP contribution < -0.4 is 0 Å². The highest BCUT2D eigenvalue weighted by Gasteiger charge is 2.24. The molecule has 3 rings (SSSR count). The van der Waals surface area contributed by atoms with Gasteiger partial charge in [0.2, 0.25) is 0 Å². The summed E-state index contributed by atoms with van der Waals surface area (Å²) < 4.78 is 0. The normalized spacial score (nSPS) is 17.8. The predicted octanol–water partition coefficient (Wildman–Crippen LogP) is 3.07. The molecule has 1 aliphatic carbocycles. The van der Waals surface area contributed by atoms with Crippen LogP contribution in [0.2, 0.25) is 0 Å². The van der Waals surface area contributed by atoms with E-state index in [1.807, 2.05) is 6.92 Å². The van der Waals surface area contributed by atoms with Crippen molar-refractivity contribution in [1.29, 1.82) is 0 Å². The first-order valence-electron chi connectivity index (χ1n) is 6.66. The molecular weight excluding hydrogens is 236 g/mol. The molecule has 96 valence electrons. The lowest BCUT2D eigenvalue weighted by Gasteiger charge is -2.24. The first-order valence-corrected chi connectivity index (χ1v) is 6.66. The zero-order valence-corrected chi connectivity index (χ0v) is 11.0. The van der Waals surface area contributed by atoms with Gasteiger partial charge in [0.1, 0.15) is 11.5 Å². The van der Waals surface area contributed by atoms with E-state index in [1.165, 1.54) is 11.1 Å². The Morgan fingerprint density at radius 1 is 1.26 bits per heavy atom. The van der Waals surface area contributed by atoms with E-state index in [1.54, 1.807) is 6.07 Å². The quantitative estimate of drug-likeness (QED) is 0.771. The Kier molecular flexibility index (Phi) is 3.11. The van der Waals surface area contributed by atoms with E-state index in [2.05, 4.69) is 34.2 Å². The van der Waals surface area contributed by atoms with Crippen LogP contribution in [0.4, 0.5) is 0 Å². The second-order valence-electron chi connectivity index (χ2n) is 5.05. The number of fused-ring (bicyclic) bond motifs is 1. The third-order valence-corrected chi connectivity index (χ3v) is 3.69. The minimum Gasteiger partial charge on any atom is -0.296 e. The van der Waals surface area contributed by atoms with Crippen LogP contribution in [-0.2, 0) is 6.42 Å². The highest BCUT2D eigenvalue weighted by atomic mass is 16.1. The van der Waals surface area contributed by atoms with Crippen molar-refractivity contribution in [3.63, 3.8) is 0 Å². The molecule has 1 unspecified atom stereocenters. The van der Waals surface area contributed by atoms with Gasteiger partial charge in [-0.05, 0) is 43.4 Å². The van der Waals surface area contributed by atoms with Crippen molar-refractivity contribution in [2.75, 3.05) is 0 Å². The third kappa shape index (κ3) is 2.28. The van der Waals surface area contributed by atoms with E-state index in [9.17, 15) is 4.79 Å². The molecule has 0 radical (unpaired) electrons. The van der Waals surface area contributed by atoms with Gasteiger partial charge in [0.25, 0.3) is 0 Å². The lowest BCUT2D eigenvalue weighted by Crippen LogP contribution is -2.15. The number of hydrogen-bond acceptors (Lipinski definition) is 3. The number of nitrogens with zero attached hydrogens (tertiary/aromatic N) is 2. The molecule has 0 saturated carbocycles. The molecule has 0 N–H and O–H groups in total. The maximum atomic E-state index is 10.9. The van der Waals surface area contributed by atoms with E-state index < -0.39 is 0 Å². The molecule has 0 fully saturated rings. The van der Waals surface area contributed by atoms with Gasteiger partial charge in [0, 0.05) is 11.6 Å². The molecule has 1 heterocycles. The Morgan fingerprint density at radius 3 is 2.95 bits per heavy atom. The maximum absolute atomic E-state index is 10.9. The lowest BCUT2D eigenvalue weighted by atomic mass is 9.82. The Labute approximate surface area is 112 Å². The zero-order chi connectivity index (χ0) is 13.2. The number of hydrogen-bond donors (Lipinski definition) is 0. The number of carbonyl (C=O) groups is 1. The molecule has 19 heavy (non-hydrogen) atoms. The Hall–Kier alpha value is -2.03. The van der Waals surface area contributed by atoms with Crippen molar-refractivity contribution in [2.45, 2.75) is 32.1 Å². The average Bonchev–Trinajstić information content (AvgIpc) is 2.46. The topological polar surface area (TPSA) is 42.9 Å². The van der Waals surface area contributed by atoms with Crippen molar-refractivity contribution >= 4 is 6.29 Å². The fourth-order valence-electron chi connectivity index (χ4n) is 2.85. The minimum absolute atomic E-state index is 0.226. The third-order valence-electron chi connectivity index (χ3n) is 3.69. The summed E-state index contributed by atoms with van der Waals surface area (Å²) in [6.07, 6.45) is 4.13. The van der Waals surface area contributed by atoms with Gasteiger partial charge in [-0.1, -0.05) is 24.3 Å². The molecule has 2 aromatic rings. The second kappa shape index (κ2) is 4.92. The van der Waals surface area contributed by atoms with Crippen molar-refractivity contribution in [3.8, 4) is 0 Å². The van der Waals surface area contributed by atoms with Gasteiger partial charge in [0.05, 0.1) is 0 Å². The number of aldehydes is 1. The Bertz CT molecular complexity index is 622. The van der Waals surface area contributed by atoms with Gasteiger partial charge < -0.3 is 0 Å². The highest BCUT2D eigenvalue weighted by molar-refractivity contribution is 5.71. The van der Waals surface area contributed by atoms with E-state index in [0.717, 1.165) is 37.1 Å². The van der Waals surface area contributed by atoms with Crippen LogP contribution in [-0.4, -0.2) is 16.3 Å². The molecule has 1 atom stereocenters. The van der Waals surface area contributed by atoms with E-state index >= 15 is 0 Å². The summed E-state index contributed by atoms with van der Waals surface area (Å²) in [4.78, 5) is 19.9. The van der Waals surface area contributed by atoms with Gasteiger partial charge in [-0.3, -0.25) is 4.79 Å². The van der Waals surface area contributed by atoms with Gasteiger partial charge in [0.15, 0.2) is 6.29 Å². The number of rotatable bonds is 2. The Balaban J connectivity index is 2.08. The van der Waals surface area contributed by atoms with Crippen molar-refractivity contribution in [2.24, 2.45) is 0 Å². The molecule has 1 aliphatic rings. The van der Waals surface area contributed by atoms with Gasteiger partial charge >= 0.3 is 0 Å². The summed E-state index contributed by atoms with van der Waals surface area (Å²) in [6, 6.07) is 10.2. The summed E-state index contributed by atoms with van der Waals surface area (Å²) in [6.45, 7) is 1.91. The summed E-state index contributed by atoms with van der Waals surface area (Å²) in [5.74, 6) is 1.01. The molecular formula is C16H16N2O. The van der Waals surface area contributed by atoms with Crippen LogP contribution in [0.1, 0.15) is 51.9 Å². The standard InChI is InChI=1S/C16H16N2O/c1-11-9-13(10-19)18-16(17-11)15-8-4-6-12-5-2-3-7-14(12)15/h2-3,5,7,9-10,15H,4,6,8H2,1H3. The average molecular weight is 252 g/mol. The van der Waals surface area contributed by atoms with E-state index in [4.69, 9.17) is 0 Å². The number of aryl methyl sites for hydroxylation is 2. The highest BCUT2D eigenvalue weighted by Crippen LogP contribution is 2.34. The van der Waals surface area contributed by atoms with Crippen molar-refractivity contribution in [1.82, 2.24) is 9.97 Å². The van der Waals surface area contributed by atoms with Gasteiger partial charge in [-0.15, -0.1) is 0 Å². The second-order valence-corrected chi connectivity index (χ2v) is 5.05. The fourth-order valence-corrected chi connectivity index (χ4v) is 2.85. The molecule has 0 aliphatic heterocycles. The molecule has 0 spiro atoms. The first-order chi connectivity index (χ1) is 9.28. The smallest absolute Gasteiger partial charge is 0.168 e. The van der Waals surface area contributed by atoms with E-state index in [-0.39, 0.29) is 5.92 Å². The van der Waals surface area contributed by atoms with Crippen LogP contribution in [0.5, 0.6) is 0 Å². The zero-order valence-electron chi connectivity index (χ0n) is 11.0. The molecule has 3 heteroatoms. The molecule has 0 bridgehead atoms.